The molecule has 3 aromatic carbocycles. The van der Waals surface area contributed by atoms with Gasteiger partial charge in [0.15, 0.2) is 11.5 Å². The number of methoxy groups -OCH3 is 1. The number of ether oxygens (including phenoxy) is 2. The molecule has 1 heterocycles. The lowest BCUT2D eigenvalue weighted by Gasteiger charge is -2.27. The van der Waals surface area contributed by atoms with E-state index in [1.54, 1.807) is 49.4 Å². The van der Waals surface area contributed by atoms with Crippen LogP contribution in [0.25, 0.3) is 6.08 Å². The Labute approximate surface area is 235 Å². The number of carbonyl (C=O) groups excluding carboxylic acids is 3. The van der Waals surface area contributed by atoms with Crippen molar-refractivity contribution in [3.63, 3.8) is 0 Å². The maximum atomic E-state index is 13.3. The van der Waals surface area contributed by atoms with E-state index >= 15 is 0 Å². The summed E-state index contributed by atoms with van der Waals surface area (Å²) in [5.41, 5.74) is 1.50. The quantitative estimate of drug-likeness (QED) is 0.119. The van der Waals surface area contributed by atoms with Crippen LogP contribution in [-0.4, -0.2) is 29.9 Å². The fraction of sp³-hybridized carbons (Fsp3) is 0.115. The van der Waals surface area contributed by atoms with Gasteiger partial charge in [0.1, 0.15) is 12.2 Å². The molecule has 0 saturated carbocycles. The largest absolute Gasteiger partial charge is 0.493 e. The molecule has 1 N–H and O–H groups in total. The molecule has 0 spiro atoms. The van der Waals surface area contributed by atoms with Gasteiger partial charge in [0.25, 0.3) is 17.5 Å². The Kier molecular flexibility index (Phi) is 7.97. The van der Waals surface area contributed by atoms with E-state index in [0.717, 1.165) is 4.90 Å². The third kappa shape index (κ3) is 5.48. The van der Waals surface area contributed by atoms with Crippen molar-refractivity contribution in [3.05, 3.63) is 95.6 Å². The van der Waals surface area contributed by atoms with Gasteiger partial charge in [-0.1, -0.05) is 29.8 Å². The Morgan fingerprint density at radius 3 is 2.58 bits per heavy atom. The summed E-state index contributed by atoms with van der Waals surface area (Å²) >= 11 is 8.18. The van der Waals surface area contributed by atoms with Crippen LogP contribution in [0.5, 0.6) is 11.5 Å². The standard InChI is InChI=1S/C26H19ClIN3O7/c1-14-19(27)7-4-8-21(14)30-25(33)18(24(32)29-26(30)34)10-16-11-20(28)23(22(12-16)37-2)38-13-15-5-3-6-17(9-15)31(35)36/h3-12H,13H2,1-2H3,(H,29,32,34)/b18-10+. The van der Waals surface area contributed by atoms with Crippen LogP contribution >= 0.6 is 34.2 Å². The number of imide groups is 2. The van der Waals surface area contributed by atoms with Crippen LogP contribution in [0.15, 0.2) is 60.2 Å². The smallest absolute Gasteiger partial charge is 0.335 e. The van der Waals surface area contributed by atoms with E-state index in [-0.39, 0.29) is 23.6 Å². The summed E-state index contributed by atoms with van der Waals surface area (Å²) in [4.78, 5) is 49.9. The molecule has 194 valence electrons. The molecule has 4 amide bonds. The van der Waals surface area contributed by atoms with Crippen molar-refractivity contribution in [2.24, 2.45) is 0 Å². The minimum absolute atomic E-state index is 0.0471. The van der Waals surface area contributed by atoms with Crippen LogP contribution in [0.2, 0.25) is 5.02 Å². The minimum atomic E-state index is -0.875. The molecule has 0 radical (unpaired) electrons. The van der Waals surface area contributed by atoms with E-state index in [2.05, 4.69) is 5.32 Å². The number of barbiturate groups is 1. The van der Waals surface area contributed by atoms with Crippen molar-refractivity contribution in [1.29, 1.82) is 0 Å². The number of anilines is 1. The molecule has 0 unspecified atom stereocenters. The van der Waals surface area contributed by atoms with Gasteiger partial charge < -0.3 is 9.47 Å². The van der Waals surface area contributed by atoms with E-state index in [0.29, 0.717) is 36.8 Å². The van der Waals surface area contributed by atoms with Crippen molar-refractivity contribution in [3.8, 4) is 11.5 Å². The lowest BCUT2D eigenvalue weighted by molar-refractivity contribution is -0.384. The topological polar surface area (TPSA) is 128 Å². The lowest BCUT2D eigenvalue weighted by atomic mass is 10.1. The van der Waals surface area contributed by atoms with Gasteiger partial charge in [-0.2, -0.15) is 0 Å². The average Bonchev–Trinajstić information content (AvgIpc) is 2.88. The highest BCUT2D eigenvalue weighted by Gasteiger charge is 2.37. The van der Waals surface area contributed by atoms with Crippen molar-refractivity contribution < 1.29 is 28.8 Å². The highest BCUT2D eigenvalue weighted by atomic mass is 127. The SMILES string of the molecule is COc1cc(/C=C2\C(=O)NC(=O)N(c3cccc(Cl)c3C)C2=O)cc(I)c1OCc1cccc([N+](=O)[O-])c1. The van der Waals surface area contributed by atoms with Crippen LogP contribution < -0.4 is 19.7 Å². The first-order chi connectivity index (χ1) is 18.1. The van der Waals surface area contributed by atoms with Gasteiger partial charge in [0, 0.05) is 17.2 Å². The first kappa shape index (κ1) is 27.1. The number of nitro groups is 1. The Hall–Kier alpha value is -3.97. The molecule has 1 fully saturated rings. The van der Waals surface area contributed by atoms with Gasteiger partial charge in [0.2, 0.25) is 0 Å². The van der Waals surface area contributed by atoms with E-state index in [9.17, 15) is 24.5 Å². The fourth-order valence-electron chi connectivity index (χ4n) is 3.76. The van der Waals surface area contributed by atoms with Gasteiger partial charge in [-0.25, -0.2) is 9.69 Å². The molecule has 1 aliphatic heterocycles. The third-order valence-corrected chi connectivity index (χ3v) is 6.86. The zero-order valence-electron chi connectivity index (χ0n) is 20.0. The summed E-state index contributed by atoms with van der Waals surface area (Å²) in [7, 11) is 1.43. The maximum Gasteiger partial charge on any atom is 0.335 e. The minimum Gasteiger partial charge on any atom is -0.493 e. The number of hydrogen-bond donors (Lipinski definition) is 1. The second-order valence-electron chi connectivity index (χ2n) is 8.09. The van der Waals surface area contributed by atoms with Crippen LogP contribution in [0.1, 0.15) is 16.7 Å². The van der Waals surface area contributed by atoms with Crippen LogP contribution in [0.3, 0.4) is 0 Å². The Morgan fingerprint density at radius 2 is 1.87 bits per heavy atom. The molecule has 4 rings (SSSR count). The third-order valence-electron chi connectivity index (χ3n) is 5.65. The molecule has 12 heteroatoms. The van der Waals surface area contributed by atoms with Crippen molar-refractivity contribution >= 4 is 69.5 Å². The number of nitro benzene ring substituents is 1. The van der Waals surface area contributed by atoms with E-state index in [1.165, 1.54) is 25.3 Å². The first-order valence-electron chi connectivity index (χ1n) is 11.0. The lowest BCUT2D eigenvalue weighted by Crippen LogP contribution is -2.54. The molecule has 3 aromatic rings. The number of amides is 4. The predicted molar refractivity (Wildman–Crippen MR) is 148 cm³/mol. The molecule has 0 aliphatic carbocycles. The molecule has 10 nitrogen and oxygen atoms in total. The number of benzene rings is 3. The van der Waals surface area contributed by atoms with Gasteiger partial charge in [-0.3, -0.25) is 25.0 Å². The molecule has 1 aliphatic rings. The molecular formula is C26H19ClIN3O7. The number of halogens is 2. The molecule has 1 saturated heterocycles. The van der Waals surface area contributed by atoms with Crippen LogP contribution in [0, 0.1) is 20.6 Å². The normalized spacial score (nSPS) is 14.5. The van der Waals surface area contributed by atoms with Crippen molar-refractivity contribution in [2.75, 3.05) is 12.0 Å². The second kappa shape index (κ2) is 11.2. The van der Waals surface area contributed by atoms with Gasteiger partial charge in [-0.15, -0.1) is 0 Å². The molecule has 0 atom stereocenters. The zero-order valence-corrected chi connectivity index (χ0v) is 22.9. The zero-order chi connectivity index (χ0) is 27.6. The summed E-state index contributed by atoms with van der Waals surface area (Å²) in [6, 6.07) is 13.2. The molecule has 0 aromatic heterocycles. The van der Waals surface area contributed by atoms with Crippen molar-refractivity contribution in [1.82, 2.24) is 5.32 Å². The van der Waals surface area contributed by atoms with E-state index in [1.807, 2.05) is 22.6 Å². The molecular weight excluding hydrogens is 629 g/mol. The summed E-state index contributed by atoms with van der Waals surface area (Å²) in [5, 5.41) is 13.6. The number of nitrogens with one attached hydrogen (secondary N) is 1. The number of hydrogen-bond acceptors (Lipinski definition) is 7. The Bertz CT molecular complexity index is 1520. The number of rotatable bonds is 7. The highest BCUT2D eigenvalue weighted by molar-refractivity contribution is 14.1. The maximum absolute atomic E-state index is 13.3. The average molecular weight is 648 g/mol. The van der Waals surface area contributed by atoms with E-state index < -0.39 is 22.8 Å². The molecule has 0 bridgehead atoms. The van der Waals surface area contributed by atoms with Crippen LogP contribution in [0.4, 0.5) is 16.2 Å². The van der Waals surface area contributed by atoms with Crippen LogP contribution in [-0.2, 0) is 16.2 Å². The van der Waals surface area contributed by atoms with Gasteiger partial charge in [-0.05, 0) is 76.5 Å². The highest BCUT2D eigenvalue weighted by Crippen LogP contribution is 2.36. The second-order valence-corrected chi connectivity index (χ2v) is 9.66. The fourth-order valence-corrected chi connectivity index (χ4v) is 4.71. The first-order valence-corrected chi connectivity index (χ1v) is 12.5. The summed E-state index contributed by atoms with van der Waals surface area (Å²) in [6.07, 6.45) is 1.35. The summed E-state index contributed by atoms with van der Waals surface area (Å²) in [5.74, 6) is -0.941. The predicted octanol–water partition coefficient (Wildman–Crippen LogP) is 5.42. The van der Waals surface area contributed by atoms with E-state index in [4.69, 9.17) is 21.1 Å². The monoisotopic (exact) mass is 647 g/mol. The Morgan fingerprint density at radius 1 is 1.13 bits per heavy atom. The number of non-ortho nitro benzene ring substituents is 1. The summed E-state index contributed by atoms with van der Waals surface area (Å²) in [6.45, 7) is 1.71. The molecule has 38 heavy (non-hydrogen) atoms. The van der Waals surface area contributed by atoms with Gasteiger partial charge >= 0.3 is 6.03 Å². The number of urea groups is 1. The number of nitrogens with zero attached hydrogens (tertiary/aromatic N) is 2. The van der Waals surface area contributed by atoms with Crippen molar-refractivity contribution in [2.45, 2.75) is 13.5 Å². The Balaban J connectivity index is 1.65. The van der Waals surface area contributed by atoms with Gasteiger partial charge in [0.05, 0.1) is 21.3 Å². The summed E-state index contributed by atoms with van der Waals surface area (Å²) < 4.78 is 12.0. The number of carbonyl (C=O) groups is 3.